The Hall–Kier alpha value is -1.53. The van der Waals surface area contributed by atoms with Crippen molar-refractivity contribution in [2.45, 2.75) is 19.3 Å². The highest BCUT2D eigenvalue weighted by Crippen LogP contribution is 2.23. The maximum absolute atomic E-state index is 10.9. The minimum absolute atomic E-state index is 0.225. The first kappa shape index (κ1) is 12.5. The van der Waals surface area contributed by atoms with Gasteiger partial charge in [0.15, 0.2) is 6.07 Å². The fourth-order valence-electron chi connectivity index (χ4n) is 1.34. The van der Waals surface area contributed by atoms with Gasteiger partial charge in [-0.1, -0.05) is 37.6 Å². The molecule has 0 heterocycles. The van der Waals surface area contributed by atoms with Crippen molar-refractivity contribution in [1.82, 2.24) is 5.32 Å². The molecule has 1 rings (SSSR count). The number of halogens is 1. The summed E-state index contributed by atoms with van der Waals surface area (Å²) in [5.41, 5.74) is 0.840. The molecule has 0 aliphatic carbocycles. The smallest absolute Gasteiger partial charge is 0.322 e. The van der Waals surface area contributed by atoms with E-state index in [1.807, 2.05) is 38.1 Å². The number of nitriles is 1. The van der Waals surface area contributed by atoms with Crippen molar-refractivity contribution >= 4 is 17.5 Å². The zero-order chi connectivity index (χ0) is 12.2. The Morgan fingerprint density at radius 2 is 2.00 bits per heavy atom. The number of benzene rings is 1. The molecule has 0 saturated carbocycles. The van der Waals surface area contributed by atoms with Crippen molar-refractivity contribution in [3.63, 3.8) is 0 Å². The van der Waals surface area contributed by atoms with Crippen molar-refractivity contribution in [3.05, 3.63) is 34.9 Å². The molecule has 0 radical (unpaired) electrons. The molecule has 1 aromatic carbocycles. The molecular weight excluding hydrogens is 224 g/mol. The molecular formula is C12H13ClN2O. The first-order valence-electron chi connectivity index (χ1n) is 4.90. The molecule has 1 amide bonds. The molecule has 1 aromatic rings. The number of rotatable bonds is 3. The summed E-state index contributed by atoms with van der Waals surface area (Å²) in [6, 6.07) is 8.98. The average molecular weight is 237 g/mol. The summed E-state index contributed by atoms with van der Waals surface area (Å²) >= 11 is 5.80. The van der Waals surface area contributed by atoms with Crippen LogP contribution in [0.5, 0.6) is 0 Å². The second-order valence-electron chi connectivity index (χ2n) is 4.19. The van der Waals surface area contributed by atoms with E-state index in [9.17, 15) is 4.79 Å². The van der Waals surface area contributed by atoms with Crippen LogP contribution in [0.3, 0.4) is 0 Å². The van der Waals surface area contributed by atoms with Crippen LogP contribution in [0.2, 0.25) is 5.02 Å². The van der Waals surface area contributed by atoms with E-state index < -0.39 is 5.91 Å². The van der Waals surface area contributed by atoms with Crippen LogP contribution in [0.15, 0.2) is 24.3 Å². The van der Waals surface area contributed by atoms with E-state index in [-0.39, 0.29) is 5.41 Å². The zero-order valence-corrected chi connectivity index (χ0v) is 10.0. The second-order valence-corrected chi connectivity index (χ2v) is 4.62. The third kappa shape index (κ3) is 3.25. The van der Waals surface area contributed by atoms with Crippen molar-refractivity contribution in [1.29, 1.82) is 5.26 Å². The Labute approximate surface area is 100 Å². The highest BCUT2D eigenvalue weighted by molar-refractivity contribution is 6.30. The highest BCUT2D eigenvalue weighted by atomic mass is 35.5. The van der Waals surface area contributed by atoms with E-state index in [1.165, 1.54) is 6.07 Å². The maximum Gasteiger partial charge on any atom is 0.322 e. The van der Waals surface area contributed by atoms with E-state index in [1.54, 1.807) is 0 Å². The van der Waals surface area contributed by atoms with E-state index in [2.05, 4.69) is 5.32 Å². The third-order valence-corrected chi connectivity index (χ3v) is 2.67. The Morgan fingerprint density at radius 3 is 2.50 bits per heavy atom. The molecule has 0 aromatic heterocycles. The highest BCUT2D eigenvalue weighted by Gasteiger charge is 2.21. The van der Waals surface area contributed by atoms with E-state index in [0.29, 0.717) is 11.6 Å². The summed E-state index contributed by atoms with van der Waals surface area (Å²) in [4.78, 5) is 10.9. The predicted molar refractivity (Wildman–Crippen MR) is 63.1 cm³/mol. The van der Waals surface area contributed by atoms with Crippen LogP contribution in [0, 0.1) is 11.3 Å². The van der Waals surface area contributed by atoms with Crippen LogP contribution in [0.4, 0.5) is 0 Å². The van der Waals surface area contributed by atoms with Gasteiger partial charge in [-0.05, 0) is 17.7 Å². The van der Waals surface area contributed by atoms with Gasteiger partial charge in [-0.3, -0.25) is 4.79 Å². The summed E-state index contributed by atoms with van der Waals surface area (Å²) in [7, 11) is 0. The lowest BCUT2D eigenvalue weighted by atomic mass is 9.84. The Balaban J connectivity index is 2.74. The lowest BCUT2D eigenvalue weighted by Gasteiger charge is -2.25. The monoisotopic (exact) mass is 236 g/mol. The quantitative estimate of drug-likeness (QED) is 0.819. The summed E-state index contributed by atoms with van der Waals surface area (Å²) in [5, 5.41) is 11.6. The molecule has 16 heavy (non-hydrogen) atoms. The van der Waals surface area contributed by atoms with Gasteiger partial charge in [0, 0.05) is 17.0 Å². The first-order valence-corrected chi connectivity index (χ1v) is 5.27. The molecule has 0 unspecified atom stereocenters. The number of amides is 1. The van der Waals surface area contributed by atoms with Gasteiger partial charge in [-0.25, -0.2) is 0 Å². The van der Waals surface area contributed by atoms with Gasteiger partial charge in [0.05, 0.1) is 0 Å². The largest absolute Gasteiger partial charge is 0.343 e. The van der Waals surface area contributed by atoms with Crippen LogP contribution in [0.1, 0.15) is 19.4 Å². The molecule has 0 aliphatic rings. The summed E-state index contributed by atoms with van der Waals surface area (Å²) in [6.07, 6.45) is 0. The molecule has 0 atom stereocenters. The molecule has 4 heteroatoms. The Morgan fingerprint density at radius 1 is 1.44 bits per heavy atom. The lowest BCUT2D eigenvalue weighted by Crippen LogP contribution is -2.35. The molecule has 0 spiro atoms. The zero-order valence-electron chi connectivity index (χ0n) is 9.25. The summed E-state index contributed by atoms with van der Waals surface area (Å²) in [5.74, 6) is -0.609. The van der Waals surface area contributed by atoms with Gasteiger partial charge in [0.2, 0.25) is 0 Å². The maximum atomic E-state index is 10.9. The normalized spacial score (nSPS) is 10.6. The summed E-state index contributed by atoms with van der Waals surface area (Å²) in [6.45, 7) is 4.41. The van der Waals surface area contributed by atoms with Gasteiger partial charge >= 0.3 is 5.91 Å². The van der Waals surface area contributed by atoms with Crippen molar-refractivity contribution in [2.75, 3.05) is 6.54 Å². The minimum Gasteiger partial charge on any atom is -0.343 e. The predicted octanol–water partition coefficient (Wildman–Crippen LogP) is 2.26. The summed E-state index contributed by atoms with van der Waals surface area (Å²) < 4.78 is 0. The van der Waals surface area contributed by atoms with Crippen LogP contribution >= 0.6 is 11.6 Å². The van der Waals surface area contributed by atoms with Crippen LogP contribution < -0.4 is 5.32 Å². The van der Waals surface area contributed by atoms with Crippen molar-refractivity contribution in [3.8, 4) is 6.07 Å². The van der Waals surface area contributed by atoms with Gasteiger partial charge in [-0.2, -0.15) is 5.26 Å². The molecule has 1 N–H and O–H groups in total. The second kappa shape index (κ2) is 5.00. The van der Waals surface area contributed by atoms with E-state index in [0.717, 1.165) is 5.56 Å². The molecule has 0 bridgehead atoms. The topological polar surface area (TPSA) is 52.9 Å². The molecule has 0 fully saturated rings. The van der Waals surface area contributed by atoms with Gasteiger partial charge in [0.25, 0.3) is 0 Å². The Kier molecular flexibility index (Phi) is 3.92. The average Bonchev–Trinajstić information content (AvgIpc) is 2.26. The Bertz CT molecular complexity index is 418. The number of carbonyl (C=O) groups is 1. The van der Waals surface area contributed by atoms with Crippen molar-refractivity contribution < 1.29 is 4.79 Å². The van der Waals surface area contributed by atoms with E-state index >= 15 is 0 Å². The third-order valence-electron chi connectivity index (χ3n) is 2.42. The number of carbonyl (C=O) groups excluding carboxylic acids is 1. The fourth-order valence-corrected chi connectivity index (χ4v) is 1.47. The standard InChI is InChI=1S/C12H13ClN2O/c1-12(2,8-15-11(16)7-14)9-3-5-10(13)6-4-9/h3-6H,8H2,1-2H3,(H,15,16). The van der Waals surface area contributed by atoms with Crippen LogP contribution in [-0.2, 0) is 10.2 Å². The van der Waals surface area contributed by atoms with E-state index in [4.69, 9.17) is 16.9 Å². The minimum atomic E-state index is -0.609. The van der Waals surface area contributed by atoms with Crippen LogP contribution in [-0.4, -0.2) is 12.5 Å². The fraction of sp³-hybridized carbons (Fsp3) is 0.333. The lowest BCUT2D eigenvalue weighted by molar-refractivity contribution is -0.116. The first-order chi connectivity index (χ1) is 7.45. The van der Waals surface area contributed by atoms with Gasteiger partial charge in [0.1, 0.15) is 0 Å². The number of nitrogens with zero attached hydrogens (tertiary/aromatic N) is 1. The molecule has 3 nitrogen and oxygen atoms in total. The molecule has 0 saturated heterocycles. The van der Waals surface area contributed by atoms with Crippen molar-refractivity contribution in [2.24, 2.45) is 0 Å². The molecule has 0 aliphatic heterocycles. The number of hydrogen-bond donors (Lipinski definition) is 1. The van der Waals surface area contributed by atoms with Gasteiger partial charge < -0.3 is 5.32 Å². The van der Waals surface area contributed by atoms with Crippen LogP contribution in [0.25, 0.3) is 0 Å². The van der Waals surface area contributed by atoms with Gasteiger partial charge in [-0.15, -0.1) is 0 Å². The number of hydrogen-bond acceptors (Lipinski definition) is 2. The SMILES string of the molecule is CC(C)(CNC(=O)C#N)c1ccc(Cl)cc1. The molecule has 84 valence electrons. The number of nitrogens with one attached hydrogen (secondary N) is 1.